The van der Waals surface area contributed by atoms with E-state index in [2.05, 4.69) is 43.0 Å². The molecule has 0 bridgehead atoms. The van der Waals surface area contributed by atoms with E-state index in [1.54, 1.807) is 6.33 Å². The molecule has 0 spiro atoms. The maximum absolute atomic E-state index is 6.23. The highest BCUT2D eigenvalue weighted by molar-refractivity contribution is 6.06. The first-order valence-corrected chi connectivity index (χ1v) is 10.8. The van der Waals surface area contributed by atoms with E-state index in [0.29, 0.717) is 30.3 Å². The fourth-order valence-corrected chi connectivity index (χ4v) is 4.03. The van der Waals surface area contributed by atoms with Crippen molar-refractivity contribution in [2.24, 2.45) is 0 Å². The van der Waals surface area contributed by atoms with Crippen LogP contribution in [0.2, 0.25) is 0 Å². The molecule has 0 atom stereocenters. The van der Waals surface area contributed by atoms with Crippen LogP contribution in [0.3, 0.4) is 0 Å². The van der Waals surface area contributed by atoms with Crippen molar-refractivity contribution in [3.8, 4) is 0 Å². The predicted octanol–water partition coefficient (Wildman–Crippen LogP) is 4.97. The van der Waals surface area contributed by atoms with Crippen molar-refractivity contribution in [2.45, 2.75) is 78.6 Å². The number of anilines is 1. The van der Waals surface area contributed by atoms with E-state index in [0.717, 1.165) is 36.0 Å². The molecule has 0 fully saturated rings. The van der Waals surface area contributed by atoms with Gasteiger partial charge in [-0.1, -0.05) is 13.8 Å². The Morgan fingerprint density at radius 2 is 1.97 bits per heavy atom. The number of hydrogen-bond acceptors (Lipinski definition) is 7. The highest BCUT2D eigenvalue weighted by atomic mass is 16.5. The Morgan fingerprint density at radius 1 is 1.17 bits per heavy atom. The SMILES string of the molecule is CC(C)OCCCNc1ncnc2c1oc1nc(C(C)C)c3c(c12)CC(C)(C)OC3. The fraction of sp³-hybridized carbons (Fsp3) is 0.609. The zero-order valence-corrected chi connectivity index (χ0v) is 18.8. The van der Waals surface area contributed by atoms with Crippen LogP contribution in [0.25, 0.3) is 22.2 Å². The molecule has 4 rings (SSSR count). The molecule has 0 radical (unpaired) electrons. The van der Waals surface area contributed by atoms with Crippen molar-refractivity contribution >= 4 is 28.0 Å². The average Bonchev–Trinajstić information content (AvgIpc) is 3.05. The summed E-state index contributed by atoms with van der Waals surface area (Å²) in [6.45, 7) is 14.7. The molecular formula is C23H32N4O3. The topological polar surface area (TPSA) is 82.3 Å². The Bertz CT molecular complexity index is 1060. The smallest absolute Gasteiger partial charge is 0.229 e. The summed E-state index contributed by atoms with van der Waals surface area (Å²) in [7, 11) is 0. The molecule has 30 heavy (non-hydrogen) atoms. The lowest BCUT2D eigenvalue weighted by atomic mass is 9.87. The van der Waals surface area contributed by atoms with E-state index in [1.807, 2.05) is 13.8 Å². The van der Waals surface area contributed by atoms with Gasteiger partial charge in [0.25, 0.3) is 0 Å². The van der Waals surface area contributed by atoms with E-state index in [9.17, 15) is 0 Å². The minimum absolute atomic E-state index is 0.232. The van der Waals surface area contributed by atoms with Gasteiger partial charge in [0.2, 0.25) is 5.71 Å². The largest absolute Gasteiger partial charge is 0.432 e. The first-order valence-electron chi connectivity index (χ1n) is 10.8. The van der Waals surface area contributed by atoms with Crippen LogP contribution in [-0.4, -0.2) is 39.8 Å². The second kappa shape index (κ2) is 8.12. The number of nitrogens with one attached hydrogen (secondary N) is 1. The molecule has 162 valence electrons. The van der Waals surface area contributed by atoms with Crippen LogP contribution in [0.1, 0.15) is 70.7 Å². The molecule has 4 heterocycles. The Kier molecular flexibility index (Phi) is 5.68. The maximum atomic E-state index is 6.23. The molecular weight excluding hydrogens is 380 g/mol. The maximum Gasteiger partial charge on any atom is 0.229 e. The van der Waals surface area contributed by atoms with Gasteiger partial charge in [-0.05, 0) is 45.6 Å². The van der Waals surface area contributed by atoms with Crippen LogP contribution in [-0.2, 0) is 22.5 Å². The second-order valence-electron chi connectivity index (χ2n) is 9.22. The molecule has 0 saturated carbocycles. The van der Waals surface area contributed by atoms with Gasteiger partial charge in [-0.2, -0.15) is 0 Å². The Labute approximate surface area is 177 Å². The molecule has 3 aromatic rings. The van der Waals surface area contributed by atoms with Crippen LogP contribution >= 0.6 is 0 Å². The number of aromatic nitrogens is 3. The molecule has 0 aromatic carbocycles. The molecule has 0 unspecified atom stereocenters. The first kappa shape index (κ1) is 21.0. The van der Waals surface area contributed by atoms with E-state index in [4.69, 9.17) is 18.9 Å². The molecule has 0 aliphatic carbocycles. The van der Waals surface area contributed by atoms with Gasteiger partial charge in [0, 0.05) is 25.1 Å². The predicted molar refractivity (Wildman–Crippen MR) is 118 cm³/mol. The third-order valence-electron chi connectivity index (χ3n) is 5.47. The third kappa shape index (κ3) is 4.01. The summed E-state index contributed by atoms with van der Waals surface area (Å²) in [6.07, 6.45) is 3.53. The van der Waals surface area contributed by atoms with Crippen LogP contribution < -0.4 is 5.32 Å². The summed E-state index contributed by atoms with van der Waals surface area (Å²) >= 11 is 0. The van der Waals surface area contributed by atoms with Crippen molar-refractivity contribution in [3.05, 3.63) is 23.1 Å². The average molecular weight is 413 g/mol. The lowest BCUT2D eigenvalue weighted by Gasteiger charge is -2.33. The zero-order chi connectivity index (χ0) is 21.5. The molecule has 3 aromatic heterocycles. The summed E-state index contributed by atoms with van der Waals surface area (Å²) in [5, 5.41) is 4.37. The molecule has 0 saturated heterocycles. The van der Waals surface area contributed by atoms with Crippen LogP contribution in [0, 0.1) is 0 Å². The lowest BCUT2D eigenvalue weighted by molar-refractivity contribution is -0.0402. The van der Waals surface area contributed by atoms with Gasteiger partial charge in [-0.25, -0.2) is 15.0 Å². The lowest BCUT2D eigenvalue weighted by Crippen LogP contribution is -2.33. The van der Waals surface area contributed by atoms with E-state index in [1.165, 1.54) is 11.1 Å². The first-order chi connectivity index (χ1) is 14.3. The van der Waals surface area contributed by atoms with Crippen LogP contribution in [0.5, 0.6) is 0 Å². The Morgan fingerprint density at radius 3 is 2.70 bits per heavy atom. The standard InChI is InChI=1S/C23H32N4O3/c1-13(2)18-16-11-29-23(5,6)10-15(16)17-19-20(30-22(17)27-18)21(26-12-25-19)24-8-7-9-28-14(3)4/h12-14H,7-11H2,1-6H3,(H,24,25,26). The molecule has 1 aliphatic heterocycles. The molecule has 7 nitrogen and oxygen atoms in total. The van der Waals surface area contributed by atoms with Gasteiger partial charge < -0.3 is 19.2 Å². The number of hydrogen-bond donors (Lipinski definition) is 1. The van der Waals surface area contributed by atoms with Gasteiger partial charge in [-0.3, -0.25) is 0 Å². The van der Waals surface area contributed by atoms with Crippen molar-refractivity contribution < 1.29 is 13.9 Å². The number of fused-ring (bicyclic) bond motifs is 5. The highest BCUT2D eigenvalue weighted by Crippen LogP contribution is 2.40. The van der Waals surface area contributed by atoms with E-state index < -0.39 is 0 Å². The fourth-order valence-electron chi connectivity index (χ4n) is 4.03. The van der Waals surface area contributed by atoms with Crippen molar-refractivity contribution in [3.63, 3.8) is 0 Å². The summed E-state index contributed by atoms with van der Waals surface area (Å²) in [5.41, 5.74) is 5.35. The summed E-state index contributed by atoms with van der Waals surface area (Å²) in [5.74, 6) is 0.986. The van der Waals surface area contributed by atoms with Gasteiger partial charge in [0.1, 0.15) is 11.8 Å². The number of pyridine rings is 1. The minimum atomic E-state index is -0.232. The molecule has 7 heteroatoms. The molecule has 1 aliphatic rings. The van der Waals surface area contributed by atoms with Crippen LogP contribution in [0.15, 0.2) is 10.7 Å². The number of rotatable bonds is 7. The minimum Gasteiger partial charge on any atom is -0.432 e. The number of furan rings is 1. The Balaban J connectivity index is 1.76. The van der Waals surface area contributed by atoms with Gasteiger partial charge >= 0.3 is 0 Å². The van der Waals surface area contributed by atoms with Crippen molar-refractivity contribution in [2.75, 3.05) is 18.5 Å². The molecule has 0 amide bonds. The Hall–Kier alpha value is -2.25. The van der Waals surface area contributed by atoms with Crippen LogP contribution in [0.4, 0.5) is 5.82 Å². The zero-order valence-electron chi connectivity index (χ0n) is 18.8. The van der Waals surface area contributed by atoms with Gasteiger partial charge in [0.05, 0.1) is 29.4 Å². The summed E-state index contributed by atoms with van der Waals surface area (Å²) in [6, 6.07) is 0. The summed E-state index contributed by atoms with van der Waals surface area (Å²) in [4.78, 5) is 13.9. The second-order valence-corrected chi connectivity index (χ2v) is 9.22. The molecule has 1 N–H and O–H groups in total. The summed E-state index contributed by atoms with van der Waals surface area (Å²) < 4.78 is 18.0. The van der Waals surface area contributed by atoms with E-state index in [-0.39, 0.29) is 17.6 Å². The monoisotopic (exact) mass is 412 g/mol. The highest BCUT2D eigenvalue weighted by Gasteiger charge is 2.32. The van der Waals surface area contributed by atoms with Gasteiger partial charge in [-0.15, -0.1) is 0 Å². The van der Waals surface area contributed by atoms with E-state index >= 15 is 0 Å². The normalized spacial score (nSPS) is 16.0. The third-order valence-corrected chi connectivity index (χ3v) is 5.47. The van der Waals surface area contributed by atoms with Gasteiger partial charge in [0.15, 0.2) is 11.4 Å². The van der Waals surface area contributed by atoms with Crippen molar-refractivity contribution in [1.29, 1.82) is 0 Å². The number of ether oxygens (including phenoxy) is 2. The quantitative estimate of drug-likeness (QED) is 0.548. The number of nitrogens with zero attached hydrogens (tertiary/aromatic N) is 3. The van der Waals surface area contributed by atoms with Crippen molar-refractivity contribution in [1.82, 2.24) is 15.0 Å².